The van der Waals surface area contributed by atoms with E-state index in [4.69, 9.17) is 18.6 Å². The summed E-state index contributed by atoms with van der Waals surface area (Å²) in [6.07, 6.45) is 7.95. The number of esters is 1. The molecule has 11 atom stereocenters. The molecule has 1 heterocycles. The molecule has 15 heteroatoms. The van der Waals surface area contributed by atoms with E-state index in [0.717, 1.165) is 47.1 Å². The second-order valence-corrected chi connectivity index (χ2v) is 19.3. The number of alkyl carbamates (subject to hydrolysis) is 1. The van der Waals surface area contributed by atoms with E-state index in [1.54, 1.807) is 12.2 Å². The van der Waals surface area contributed by atoms with Gasteiger partial charge in [0.25, 0.3) is 0 Å². The largest absolute Gasteiger partial charge is 0.457 e. The fourth-order valence-electron chi connectivity index (χ4n) is 11.8. The third-order valence-electron chi connectivity index (χ3n) is 15.0. The van der Waals surface area contributed by atoms with Crippen LogP contribution >= 0.6 is 0 Å². The minimum Gasteiger partial charge on any atom is -0.457 e. The molecule has 350 valence electrons. The zero-order valence-electron chi connectivity index (χ0n) is 38.3. The van der Waals surface area contributed by atoms with Crippen molar-refractivity contribution in [3.63, 3.8) is 0 Å². The number of hydrogen-bond acceptors (Lipinski definition) is 11. The number of fused-ring (bicyclic) bond motifs is 8. The fourth-order valence-corrected chi connectivity index (χ4v) is 11.8. The Labute approximate surface area is 384 Å². The molecule has 4 amide bonds. The number of amides is 4. The van der Waals surface area contributed by atoms with E-state index in [1.807, 2.05) is 54.6 Å². The summed E-state index contributed by atoms with van der Waals surface area (Å²) < 4.78 is 22.9. The zero-order chi connectivity index (χ0) is 47.1. The Morgan fingerprint density at radius 3 is 2.21 bits per heavy atom. The van der Waals surface area contributed by atoms with Crippen molar-refractivity contribution in [2.75, 3.05) is 13.3 Å². The van der Waals surface area contributed by atoms with E-state index >= 15 is 0 Å². The highest BCUT2D eigenvalue weighted by Crippen LogP contribution is 2.66. The van der Waals surface area contributed by atoms with Crippen LogP contribution in [-0.2, 0) is 40.0 Å². The number of rotatable bonds is 14. The van der Waals surface area contributed by atoms with E-state index < -0.39 is 65.5 Å². The van der Waals surface area contributed by atoms with Gasteiger partial charge in [0, 0.05) is 28.2 Å². The average molecular weight is 905 g/mol. The van der Waals surface area contributed by atoms with E-state index in [2.05, 4.69) is 42.0 Å². The highest BCUT2D eigenvalue weighted by atomic mass is 16.6. The van der Waals surface area contributed by atoms with Gasteiger partial charge in [-0.05, 0) is 105 Å². The minimum atomic E-state index is -1.03. The van der Waals surface area contributed by atoms with Crippen LogP contribution in [-0.4, -0.2) is 84.3 Å². The van der Waals surface area contributed by atoms with Crippen molar-refractivity contribution in [2.24, 2.45) is 34.5 Å². The number of nitrogens with one attached hydrogen (secondary N) is 4. The van der Waals surface area contributed by atoms with Crippen LogP contribution in [0.5, 0.6) is 0 Å². The topological polar surface area (TPSA) is 212 Å². The Morgan fingerprint density at radius 1 is 0.894 bits per heavy atom. The first-order valence-corrected chi connectivity index (χ1v) is 23.0. The Morgan fingerprint density at radius 2 is 1.53 bits per heavy atom. The van der Waals surface area contributed by atoms with Crippen LogP contribution in [0.15, 0.2) is 89.1 Å². The van der Waals surface area contributed by atoms with E-state index in [1.165, 1.54) is 33.1 Å². The molecule has 0 radical (unpaired) electrons. The standard InChI is InChI=1S/C51H60N4O11/c1-27-19-40-38-16-15-32-21-33(56)17-18-50(32,5)43(38)41(57)22-51(40,6)44(27)66-48(61)42-20-31(24-64-42)23-63-26-52-45(58)28(2)53-46(59)29(3)54-47(60)30(4)55-49(62)65-25-39-36-13-9-7-11-34(36)35-12-8-10-14-37(35)39/h7-14,17-18,20-21,24,27-30,38-41,43-44,57H,15-16,19,22-23,25-26H2,1-6H3,(H,52,58)(H,53,59)(H,54,60)(H,55,62)/t27?,28-,29-,30-,38?,40?,41?,43?,44?,50?,51?/m0/s1. The lowest BCUT2D eigenvalue weighted by Gasteiger charge is -2.58. The van der Waals surface area contributed by atoms with Gasteiger partial charge in [-0.3, -0.25) is 19.2 Å². The molecule has 3 saturated carbocycles. The molecular weight excluding hydrogens is 845 g/mol. The zero-order valence-corrected chi connectivity index (χ0v) is 38.3. The maximum Gasteiger partial charge on any atom is 0.407 e. The van der Waals surface area contributed by atoms with Crippen LogP contribution in [0.3, 0.4) is 0 Å². The highest BCUT2D eigenvalue weighted by molar-refractivity contribution is 6.01. The lowest BCUT2D eigenvalue weighted by Crippen LogP contribution is -2.57. The SMILES string of the molecule is CC1CC2C3CCC4=CC(=O)C=CC4(C)C3C(O)CC2(C)C1OC(=O)c1cc(COCNC(=O)[C@H](C)NC(=O)[C@H](C)NC(=O)[C@H](C)NC(=O)OCC2c3ccccc3-c3ccccc32)co1. The van der Waals surface area contributed by atoms with E-state index in [9.17, 15) is 33.9 Å². The summed E-state index contributed by atoms with van der Waals surface area (Å²) in [5.74, 6) is -2.00. The first kappa shape index (κ1) is 46.5. The fraction of sp³-hybridized carbons (Fsp3) is 0.490. The molecule has 1 aromatic heterocycles. The van der Waals surface area contributed by atoms with Gasteiger partial charge in [0.1, 0.15) is 37.6 Å². The van der Waals surface area contributed by atoms with Gasteiger partial charge in [-0.25, -0.2) is 9.59 Å². The van der Waals surface area contributed by atoms with Crippen molar-refractivity contribution in [3.8, 4) is 11.1 Å². The third-order valence-corrected chi connectivity index (χ3v) is 15.0. The van der Waals surface area contributed by atoms with Crippen LogP contribution in [0.4, 0.5) is 4.79 Å². The van der Waals surface area contributed by atoms with Crippen molar-refractivity contribution in [2.45, 2.75) is 110 Å². The van der Waals surface area contributed by atoms with Crippen LogP contribution < -0.4 is 21.3 Å². The molecule has 8 rings (SSSR count). The highest BCUT2D eigenvalue weighted by Gasteiger charge is 2.64. The summed E-state index contributed by atoms with van der Waals surface area (Å²) in [5.41, 5.74) is 5.13. The van der Waals surface area contributed by atoms with E-state index in [-0.39, 0.29) is 66.5 Å². The summed E-state index contributed by atoms with van der Waals surface area (Å²) in [7, 11) is 0. The molecule has 2 aromatic carbocycles. The number of ketones is 1. The number of allylic oxidation sites excluding steroid dienone is 4. The quantitative estimate of drug-likeness (QED) is 0.0735. The van der Waals surface area contributed by atoms with Crippen molar-refractivity contribution in [1.82, 2.24) is 21.3 Å². The molecule has 0 aliphatic heterocycles. The molecule has 0 spiro atoms. The molecule has 66 heavy (non-hydrogen) atoms. The molecule has 3 aromatic rings. The summed E-state index contributed by atoms with van der Waals surface area (Å²) in [6.45, 7) is 10.7. The first-order valence-electron chi connectivity index (χ1n) is 23.0. The van der Waals surface area contributed by atoms with Crippen LogP contribution in [0.2, 0.25) is 0 Å². The summed E-state index contributed by atoms with van der Waals surface area (Å²) in [4.78, 5) is 77.0. The molecule has 3 fully saturated rings. The van der Waals surface area contributed by atoms with Gasteiger partial charge in [0.2, 0.25) is 23.5 Å². The lowest BCUT2D eigenvalue weighted by atomic mass is 9.47. The number of furan rings is 1. The van der Waals surface area contributed by atoms with Crippen LogP contribution in [0.1, 0.15) is 100 Å². The number of carbonyl (C=O) groups excluding carboxylic acids is 6. The second-order valence-electron chi connectivity index (χ2n) is 19.3. The number of ether oxygens (including phenoxy) is 3. The molecule has 0 saturated heterocycles. The Hall–Kier alpha value is -6.06. The third kappa shape index (κ3) is 8.94. The monoisotopic (exact) mass is 904 g/mol. The van der Waals surface area contributed by atoms with Gasteiger partial charge in [0.05, 0.1) is 19.0 Å². The smallest absolute Gasteiger partial charge is 0.407 e. The van der Waals surface area contributed by atoms with Crippen molar-refractivity contribution >= 4 is 35.6 Å². The van der Waals surface area contributed by atoms with Gasteiger partial charge in [-0.1, -0.05) is 81.0 Å². The van der Waals surface area contributed by atoms with Gasteiger partial charge in [0.15, 0.2) is 5.78 Å². The molecule has 5 N–H and O–H groups in total. The number of aliphatic hydroxyl groups excluding tert-OH is 1. The van der Waals surface area contributed by atoms with E-state index in [0.29, 0.717) is 12.0 Å². The molecular formula is C51H60N4O11. The maximum absolute atomic E-state index is 13.5. The average Bonchev–Trinajstić information content (AvgIpc) is 3.96. The molecule has 5 aliphatic carbocycles. The van der Waals surface area contributed by atoms with Crippen LogP contribution in [0.25, 0.3) is 11.1 Å². The second kappa shape index (κ2) is 18.7. The normalized spacial score (nSPS) is 28.5. The number of hydrogen-bond donors (Lipinski definition) is 5. The van der Waals surface area contributed by atoms with Crippen molar-refractivity contribution in [1.29, 1.82) is 0 Å². The molecule has 0 bridgehead atoms. The Kier molecular flexibility index (Phi) is 13.1. The molecule has 8 unspecified atom stereocenters. The maximum atomic E-state index is 13.5. The first-order chi connectivity index (χ1) is 31.5. The van der Waals surface area contributed by atoms with Crippen LogP contribution in [0, 0.1) is 34.5 Å². The summed E-state index contributed by atoms with van der Waals surface area (Å²) in [5, 5.41) is 21.9. The predicted octanol–water partition coefficient (Wildman–Crippen LogP) is 5.86. The number of carbonyl (C=O) groups is 6. The molecule has 5 aliphatic rings. The van der Waals surface area contributed by atoms with Crippen molar-refractivity contribution < 1.29 is 52.5 Å². The van der Waals surface area contributed by atoms with Gasteiger partial charge in [-0.15, -0.1) is 0 Å². The lowest BCUT2D eigenvalue weighted by molar-refractivity contribution is -0.133. The van der Waals surface area contributed by atoms with Gasteiger partial charge in [-0.2, -0.15) is 0 Å². The summed E-state index contributed by atoms with van der Waals surface area (Å²) in [6, 6.07) is 14.4. The number of aliphatic hydroxyl groups is 1. The van der Waals surface area contributed by atoms with Gasteiger partial charge < -0.3 is 45.0 Å². The van der Waals surface area contributed by atoms with Crippen molar-refractivity contribution in [3.05, 3.63) is 107 Å². The van der Waals surface area contributed by atoms with Gasteiger partial charge >= 0.3 is 12.1 Å². The Balaban J connectivity index is 0.740. The number of benzene rings is 2. The molecule has 15 nitrogen and oxygen atoms in total. The minimum absolute atomic E-state index is 0.00129. The predicted molar refractivity (Wildman–Crippen MR) is 241 cm³/mol. The summed E-state index contributed by atoms with van der Waals surface area (Å²) >= 11 is 0. The Bertz CT molecular complexity index is 2420.